The summed E-state index contributed by atoms with van der Waals surface area (Å²) in [4.78, 5) is 34.9. The van der Waals surface area contributed by atoms with Crippen LogP contribution >= 0.6 is 0 Å². The molecule has 3 atom stereocenters. The lowest BCUT2D eigenvalue weighted by Crippen LogP contribution is -2.64. The Kier molecular flexibility index (Phi) is 4.04. The lowest BCUT2D eigenvalue weighted by Gasteiger charge is -2.40. The van der Waals surface area contributed by atoms with Gasteiger partial charge in [-0.25, -0.2) is 9.79 Å². The zero-order chi connectivity index (χ0) is 16.7. The summed E-state index contributed by atoms with van der Waals surface area (Å²) in [6.07, 6.45) is 3.01. The minimum atomic E-state index is -0.474. The number of fused-ring (bicyclic) bond motifs is 1. The smallest absolute Gasteiger partial charge is 0.325 e. The van der Waals surface area contributed by atoms with Gasteiger partial charge in [0.25, 0.3) is 5.91 Å². The number of likely N-dealkylation sites (tertiary alicyclic amines) is 1. The third-order valence-corrected chi connectivity index (χ3v) is 4.84. The van der Waals surface area contributed by atoms with E-state index in [4.69, 9.17) is 4.99 Å². The molecule has 0 aliphatic carbocycles. The Hall–Kier alpha value is -2.05. The number of urea groups is 1. The van der Waals surface area contributed by atoms with Crippen molar-refractivity contribution in [3.8, 4) is 0 Å². The lowest BCUT2D eigenvalue weighted by atomic mass is 10.0. The van der Waals surface area contributed by atoms with Crippen LogP contribution in [0.3, 0.4) is 0 Å². The Labute approximate surface area is 137 Å². The summed E-state index contributed by atoms with van der Waals surface area (Å²) in [5.41, 5.74) is 0.968. The highest BCUT2D eigenvalue weighted by atomic mass is 16.2. The molecule has 0 aromatic carbocycles. The first-order chi connectivity index (χ1) is 10.9. The predicted octanol–water partition coefficient (Wildman–Crippen LogP) is 0.985. The van der Waals surface area contributed by atoms with Gasteiger partial charge >= 0.3 is 6.03 Å². The van der Waals surface area contributed by atoms with Crippen LogP contribution in [0.4, 0.5) is 4.79 Å². The van der Waals surface area contributed by atoms with Gasteiger partial charge in [0.05, 0.1) is 0 Å². The van der Waals surface area contributed by atoms with E-state index in [1.54, 1.807) is 7.05 Å². The summed E-state index contributed by atoms with van der Waals surface area (Å²) in [5, 5.41) is 2.42. The number of carbonyl (C=O) groups excluding carboxylic acids is 2. The minimum absolute atomic E-state index is 0.275. The number of hydrogen-bond donors (Lipinski definition) is 1. The number of hydrogen-bond acceptors (Lipinski definition) is 5. The molecule has 2 saturated heterocycles. The highest BCUT2D eigenvalue weighted by molar-refractivity contribution is 6.03. The van der Waals surface area contributed by atoms with Crippen LogP contribution in [-0.2, 0) is 4.79 Å². The van der Waals surface area contributed by atoms with Gasteiger partial charge in [0.1, 0.15) is 0 Å². The molecule has 0 aromatic heterocycles. The van der Waals surface area contributed by atoms with Gasteiger partial charge in [-0.2, -0.15) is 0 Å². The van der Waals surface area contributed by atoms with Gasteiger partial charge in [0.2, 0.25) is 0 Å². The first-order valence-electron chi connectivity index (χ1n) is 8.23. The van der Waals surface area contributed by atoms with E-state index in [9.17, 15) is 9.59 Å². The third-order valence-electron chi connectivity index (χ3n) is 4.84. The van der Waals surface area contributed by atoms with Crippen molar-refractivity contribution in [3.63, 3.8) is 0 Å². The monoisotopic (exact) mass is 319 g/mol. The molecule has 0 saturated carbocycles. The van der Waals surface area contributed by atoms with Crippen molar-refractivity contribution in [2.24, 2.45) is 4.99 Å². The van der Waals surface area contributed by atoms with Gasteiger partial charge in [-0.05, 0) is 33.1 Å². The zero-order valence-corrected chi connectivity index (χ0v) is 14.1. The van der Waals surface area contributed by atoms with Crippen LogP contribution in [0, 0.1) is 0 Å². The second kappa shape index (κ2) is 5.86. The van der Waals surface area contributed by atoms with Gasteiger partial charge in [0, 0.05) is 26.2 Å². The summed E-state index contributed by atoms with van der Waals surface area (Å²) in [7, 11) is 1.68. The standard InChI is InChI=1S/C16H25N5O2/c1-10(2)9-21-12-13(19(4)16(23)18-14(12)22)17-15(21)20-8-6-5-7-11(20)3/h11-13H,1,5-9H2,2-4H3,(H,18,22,23). The Morgan fingerprint density at radius 3 is 2.78 bits per heavy atom. The van der Waals surface area contributed by atoms with Crippen LogP contribution in [0.15, 0.2) is 17.1 Å². The number of imide groups is 1. The van der Waals surface area contributed by atoms with E-state index >= 15 is 0 Å². The Balaban J connectivity index is 1.96. The van der Waals surface area contributed by atoms with E-state index in [0.717, 1.165) is 30.9 Å². The number of likely N-dealkylation sites (N-methyl/N-ethyl adjacent to an activating group) is 1. The lowest BCUT2D eigenvalue weighted by molar-refractivity contribution is -0.127. The topological polar surface area (TPSA) is 68.2 Å². The molecule has 0 aromatic rings. The number of carbonyl (C=O) groups is 2. The molecular weight excluding hydrogens is 294 g/mol. The maximum absolute atomic E-state index is 12.4. The largest absolute Gasteiger partial charge is 0.340 e. The van der Waals surface area contributed by atoms with E-state index in [1.807, 2.05) is 11.8 Å². The number of amides is 3. The fourth-order valence-electron chi connectivity index (χ4n) is 3.61. The number of rotatable bonds is 2. The number of nitrogens with zero attached hydrogens (tertiary/aromatic N) is 4. The molecule has 0 bridgehead atoms. The van der Waals surface area contributed by atoms with Crippen LogP contribution < -0.4 is 5.32 Å². The summed E-state index contributed by atoms with van der Waals surface area (Å²) in [6, 6.07) is -0.471. The van der Waals surface area contributed by atoms with Crippen LogP contribution in [0.1, 0.15) is 33.1 Å². The Morgan fingerprint density at radius 2 is 2.13 bits per heavy atom. The normalized spacial score (nSPS) is 31.0. The van der Waals surface area contributed by atoms with E-state index in [0.29, 0.717) is 12.6 Å². The fourth-order valence-corrected chi connectivity index (χ4v) is 3.61. The average Bonchev–Trinajstić information content (AvgIpc) is 2.84. The van der Waals surface area contributed by atoms with Gasteiger partial charge in [-0.1, -0.05) is 12.2 Å². The molecular formula is C16H25N5O2. The molecule has 3 aliphatic heterocycles. The maximum atomic E-state index is 12.4. The van der Waals surface area contributed by atoms with Crippen LogP contribution in [-0.4, -0.2) is 71.0 Å². The predicted molar refractivity (Wildman–Crippen MR) is 87.9 cm³/mol. The second-order valence-corrected chi connectivity index (χ2v) is 6.82. The van der Waals surface area contributed by atoms with Gasteiger partial charge < -0.3 is 14.7 Å². The molecule has 3 unspecified atom stereocenters. The molecule has 3 amide bonds. The Morgan fingerprint density at radius 1 is 1.39 bits per heavy atom. The van der Waals surface area contributed by atoms with E-state index in [-0.39, 0.29) is 11.9 Å². The summed E-state index contributed by atoms with van der Waals surface area (Å²) >= 11 is 0. The molecule has 1 N–H and O–H groups in total. The van der Waals surface area contributed by atoms with Gasteiger partial charge in [-0.15, -0.1) is 0 Å². The van der Waals surface area contributed by atoms with Crippen molar-refractivity contribution in [3.05, 3.63) is 12.2 Å². The first kappa shape index (κ1) is 15.8. The summed E-state index contributed by atoms with van der Waals surface area (Å²) in [5.74, 6) is 0.551. The van der Waals surface area contributed by atoms with Crippen molar-refractivity contribution in [2.45, 2.75) is 51.4 Å². The van der Waals surface area contributed by atoms with E-state index < -0.39 is 12.2 Å². The highest BCUT2D eigenvalue weighted by Crippen LogP contribution is 2.29. The number of guanidine groups is 1. The highest BCUT2D eigenvalue weighted by Gasteiger charge is 2.50. The Bertz CT molecular complexity index is 573. The quantitative estimate of drug-likeness (QED) is 0.771. The van der Waals surface area contributed by atoms with E-state index in [1.165, 1.54) is 11.3 Å². The average molecular weight is 319 g/mol. The molecule has 0 spiro atoms. The zero-order valence-electron chi connectivity index (χ0n) is 14.1. The number of nitrogens with one attached hydrogen (secondary N) is 1. The molecule has 0 radical (unpaired) electrons. The SMILES string of the molecule is C=C(C)CN1C(N2CCCCC2C)=NC2C1C(=O)NC(=O)N2C. The summed E-state index contributed by atoms with van der Waals surface area (Å²) < 4.78 is 0. The molecule has 3 rings (SSSR count). The fraction of sp³-hybridized carbons (Fsp3) is 0.688. The molecule has 7 nitrogen and oxygen atoms in total. The molecule has 3 aliphatic rings. The van der Waals surface area contributed by atoms with Crippen LogP contribution in [0.2, 0.25) is 0 Å². The van der Waals surface area contributed by atoms with Crippen LogP contribution in [0.5, 0.6) is 0 Å². The molecule has 126 valence electrons. The second-order valence-electron chi connectivity index (χ2n) is 6.82. The molecule has 23 heavy (non-hydrogen) atoms. The van der Waals surface area contributed by atoms with Crippen molar-refractivity contribution in [1.82, 2.24) is 20.0 Å². The van der Waals surface area contributed by atoms with Crippen LogP contribution in [0.25, 0.3) is 0 Å². The van der Waals surface area contributed by atoms with Crippen molar-refractivity contribution < 1.29 is 9.59 Å². The number of piperidine rings is 1. The summed E-state index contributed by atoms with van der Waals surface area (Å²) in [6.45, 7) is 9.63. The molecule has 2 fully saturated rings. The van der Waals surface area contributed by atoms with Gasteiger partial charge in [0.15, 0.2) is 18.2 Å². The van der Waals surface area contributed by atoms with Crippen molar-refractivity contribution in [1.29, 1.82) is 0 Å². The maximum Gasteiger partial charge on any atom is 0.325 e. The van der Waals surface area contributed by atoms with E-state index in [2.05, 4.69) is 23.7 Å². The van der Waals surface area contributed by atoms with Gasteiger partial charge in [-0.3, -0.25) is 10.1 Å². The first-order valence-corrected chi connectivity index (χ1v) is 8.23. The van der Waals surface area contributed by atoms with Crippen molar-refractivity contribution in [2.75, 3.05) is 20.1 Å². The minimum Gasteiger partial charge on any atom is -0.340 e. The third kappa shape index (κ3) is 2.68. The van der Waals surface area contributed by atoms with Crippen molar-refractivity contribution >= 4 is 17.9 Å². The number of aliphatic imine (C=N–C) groups is 1. The molecule has 7 heteroatoms. The molecule has 3 heterocycles.